The van der Waals surface area contributed by atoms with E-state index in [0.29, 0.717) is 11.6 Å². The molecule has 0 bridgehead atoms. The van der Waals surface area contributed by atoms with Crippen molar-refractivity contribution in [3.63, 3.8) is 0 Å². The fourth-order valence-electron chi connectivity index (χ4n) is 1.72. The first-order chi connectivity index (χ1) is 6.27. The molecule has 1 aromatic heterocycles. The van der Waals surface area contributed by atoms with Crippen molar-refractivity contribution in [2.75, 3.05) is 0 Å². The lowest BCUT2D eigenvalue weighted by molar-refractivity contribution is 0.0682. The second-order valence-electron chi connectivity index (χ2n) is 3.65. The zero-order valence-corrected chi connectivity index (χ0v) is 7.44. The molecule has 0 spiro atoms. The van der Waals surface area contributed by atoms with Crippen LogP contribution in [0.5, 0.6) is 0 Å². The van der Waals surface area contributed by atoms with Gasteiger partial charge >= 0.3 is 5.97 Å². The van der Waals surface area contributed by atoms with Crippen molar-refractivity contribution in [1.29, 1.82) is 0 Å². The minimum Gasteiger partial charge on any atom is -0.477 e. The zero-order chi connectivity index (χ0) is 9.26. The molecule has 70 valence electrons. The van der Waals surface area contributed by atoms with Crippen LogP contribution in [0.15, 0.2) is 18.3 Å². The molecule has 3 heteroatoms. The van der Waals surface area contributed by atoms with E-state index in [-0.39, 0.29) is 0 Å². The molecule has 0 atom stereocenters. The summed E-state index contributed by atoms with van der Waals surface area (Å²) in [5.74, 6) is -0.130. The van der Waals surface area contributed by atoms with Gasteiger partial charge < -0.3 is 9.67 Å². The molecular weight excluding hydrogens is 166 g/mol. The van der Waals surface area contributed by atoms with E-state index < -0.39 is 5.97 Å². The lowest BCUT2D eigenvalue weighted by atomic mass is 9.85. The van der Waals surface area contributed by atoms with Gasteiger partial charge in [-0.25, -0.2) is 4.79 Å². The summed E-state index contributed by atoms with van der Waals surface area (Å²) < 4.78 is 1.84. The third kappa shape index (κ3) is 1.59. The van der Waals surface area contributed by atoms with Gasteiger partial charge in [0.05, 0.1) is 0 Å². The Morgan fingerprint density at radius 2 is 2.38 bits per heavy atom. The Labute approximate surface area is 77.0 Å². The summed E-state index contributed by atoms with van der Waals surface area (Å²) in [6, 6.07) is 3.45. The molecule has 0 saturated heterocycles. The van der Waals surface area contributed by atoms with Crippen LogP contribution in [0.4, 0.5) is 0 Å². The quantitative estimate of drug-likeness (QED) is 0.771. The minimum atomic E-state index is -0.829. The molecule has 2 rings (SSSR count). The summed E-state index contributed by atoms with van der Waals surface area (Å²) in [6.07, 6.45) is 5.64. The lowest BCUT2D eigenvalue weighted by Crippen LogP contribution is -2.20. The first kappa shape index (κ1) is 8.35. The third-order valence-corrected chi connectivity index (χ3v) is 2.73. The molecule has 1 N–H and O–H groups in total. The summed E-state index contributed by atoms with van der Waals surface area (Å²) in [5, 5.41) is 8.84. The number of carboxylic acids is 1. The number of aromatic carboxylic acids is 1. The number of carboxylic acid groups (broad SMARTS) is 1. The maximum absolute atomic E-state index is 10.7. The van der Waals surface area contributed by atoms with Gasteiger partial charge in [-0.15, -0.1) is 0 Å². The van der Waals surface area contributed by atoms with Crippen molar-refractivity contribution in [3.8, 4) is 0 Å². The van der Waals surface area contributed by atoms with Crippen LogP contribution in [0.3, 0.4) is 0 Å². The normalized spacial score (nSPS) is 16.9. The molecule has 0 amide bonds. The maximum atomic E-state index is 10.7. The second kappa shape index (κ2) is 3.24. The van der Waals surface area contributed by atoms with Crippen LogP contribution < -0.4 is 0 Å². The van der Waals surface area contributed by atoms with Gasteiger partial charge in [0.2, 0.25) is 0 Å². The number of aromatic nitrogens is 1. The highest BCUT2D eigenvalue weighted by Crippen LogP contribution is 2.28. The van der Waals surface area contributed by atoms with Crippen LogP contribution in [0.2, 0.25) is 0 Å². The Balaban J connectivity index is 2.09. The molecule has 0 aromatic carbocycles. The summed E-state index contributed by atoms with van der Waals surface area (Å²) in [6.45, 7) is 0.870. The standard InChI is InChI=1S/C10H13NO2/c12-10(13)9-5-2-6-11(9)7-8-3-1-4-8/h2,5-6,8H,1,3-4,7H2,(H,12,13). The maximum Gasteiger partial charge on any atom is 0.352 e. The van der Waals surface area contributed by atoms with E-state index in [0.717, 1.165) is 6.54 Å². The van der Waals surface area contributed by atoms with Crippen LogP contribution >= 0.6 is 0 Å². The van der Waals surface area contributed by atoms with Gasteiger partial charge in [0.25, 0.3) is 0 Å². The Morgan fingerprint density at radius 3 is 2.92 bits per heavy atom. The van der Waals surface area contributed by atoms with Crippen LogP contribution in [-0.2, 0) is 6.54 Å². The van der Waals surface area contributed by atoms with Crippen LogP contribution in [-0.4, -0.2) is 15.6 Å². The topological polar surface area (TPSA) is 42.2 Å². The number of hydrogen-bond acceptors (Lipinski definition) is 1. The van der Waals surface area contributed by atoms with Gasteiger partial charge in [-0.05, 0) is 30.9 Å². The SMILES string of the molecule is O=C(O)c1cccn1CC1CCC1. The van der Waals surface area contributed by atoms with E-state index in [1.165, 1.54) is 19.3 Å². The van der Waals surface area contributed by atoms with E-state index in [9.17, 15) is 4.79 Å². The molecule has 1 heterocycles. The highest BCUT2D eigenvalue weighted by Gasteiger charge is 2.19. The fraction of sp³-hybridized carbons (Fsp3) is 0.500. The molecule has 1 aromatic rings. The van der Waals surface area contributed by atoms with Gasteiger partial charge in [-0.1, -0.05) is 6.42 Å². The zero-order valence-electron chi connectivity index (χ0n) is 7.44. The molecule has 1 saturated carbocycles. The first-order valence-electron chi connectivity index (χ1n) is 4.66. The second-order valence-corrected chi connectivity index (χ2v) is 3.65. The Bertz CT molecular complexity index is 312. The van der Waals surface area contributed by atoms with E-state index in [1.807, 2.05) is 10.8 Å². The van der Waals surface area contributed by atoms with Gasteiger partial charge in [0, 0.05) is 12.7 Å². The van der Waals surface area contributed by atoms with E-state index in [2.05, 4.69) is 0 Å². The lowest BCUT2D eigenvalue weighted by Gasteiger charge is -2.26. The van der Waals surface area contributed by atoms with Crippen molar-refractivity contribution < 1.29 is 9.90 Å². The molecular formula is C10H13NO2. The Hall–Kier alpha value is -1.25. The minimum absolute atomic E-state index is 0.409. The predicted octanol–water partition coefficient (Wildman–Crippen LogP) is 1.99. The van der Waals surface area contributed by atoms with Gasteiger partial charge in [-0.3, -0.25) is 0 Å². The Kier molecular flexibility index (Phi) is 2.08. The van der Waals surface area contributed by atoms with Gasteiger partial charge in [0.1, 0.15) is 5.69 Å². The molecule has 1 aliphatic rings. The number of nitrogens with zero attached hydrogens (tertiary/aromatic N) is 1. The fourth-order valence-corrected chi connectivity index (χ4v) is 1.72. The number of hydrogen-bond donors (Lipinski definition) is 1. The molecule has 0 unspecified atom stereocenters. The predicted molar refractivity (Wildman–Crippen MR) is 48.7 cm³/mol. The van der Waals surface area contributed by atoms with Crippen molar-refractivity contribution >= 4 is 5.97 Å². The van der Waals surface area contributed by atoms with Gasteiger partial charge in [-0.2, -0.15) is 0 Å². The van der Waals surface area contributed by atoms with E-state index in [4.69, 9.17) is 5.11 Å². The summed E-state index contributed by atoms with van der Waals surface area (Å²) in [7, 11) is 0. The summed E-state index contributed by atoms with van der Waals surface area (Å²) in [5.41, 5.74) is 0.409. The van der Waals surface area contributed by atoms with Crippen molar-refractivity contribution in [2.45, 2.75) is 25.8 Å². The average molecular weight is 179 g/mol. The largest absolute Gasteiger partial charge is 0.477 e. The van der Waals surface area contributed by atoms with Crippen molar-refractivity contribution in [3.05, 3.63) is 24.0 Å². The molecule has 1 fully saturated rings. The monoisotopic (exact) mass is 179 g/mol. The van der Waals surface area contributed by atoms with Crippen LogP contribution in [0.25, 0.3) is 0 Å². The smallest absolute Gasteiger partial charge is 0.352 e. The van der Waals surface area contributed by atoms with E-state index in [1.54, 1.807) is 12.1 Å². The Morgan fingerprint density at radius 1 is 1.62 bits per heavy atom. The number of rotatable bonds is 3. The van der Waals surface area contributed by atoms with Gasteiger partial charge in [0.15, 0.2) is 0 Å². The highest BCUT2D eigenvalue weighted by atomic mass is 16.4. The average Bonchev–Trinajstić information content (AvgIpc) is 2.44. The number of carbonyl (C=O) groups is 1. The molecule has 0 aliphatic heterocycles. The molecule has 13 heavy (non-hydrogen) atoms. The van der Waals surface area contributed by atoms with Crippen LogP contribution in [0, 0.1) is 5.92 Å². The summed E-state index contributed by atoms with van der Waals surface area (Å²) >= 11 is 0. The molecule has 0 radical (unpaired) electrons. The highest BCUT2D eigenvalue weighted by molar-refractivity contribution is 5.85. The summed E-state index contributed by atoms with van der Waals surface area (Å²) in [4.78, 5) is 10.7. The van der Waals surface area contributed by atoms with Crippen molar-refractivity contribution in [2.24, 2.45) is 5.92 Å². The third-order valence-electron chi connectivity index (χ3n) is 2.73. The van der Waals surface area contributed by atoms with Crippen molar-refractivity contribution in [1.82, 2.24) is 4.57 Å². The van der Waals surface area contributed by atoms with Crippen LogP contribution in [0.1, 0.15) is 29.8 Å². The molecule has 1 aliphatic carbocycles. The van der Waals surface area contributed by atoms with E-state index >= 15 is 0 Å². The first-order valence-corrected chi connectivity index (χ1v) is 4.66. The molecule has 3 nitrogen and oxygen atoms in total.